The van der Waals surface area contributed by atoms with E-state index in [1.54, 1.807) is 6.21 Å². The average Bonchev–Trinajstić information content (AvgIpc) is 2.64. The molecular formula is C12H16ClNS. The average molecular weight is 242 g/mol. The molecule has 1 aromatic heterocycles. The number of allylic oxidation sites excluding steroid dienone is 1. The Balaban J connectivity index is 0.000000921. The zero-order chi connectivity index (χ0) is 11.8. The van der Waals surface area contributed by atoms with Gasteiger partial charge >= 0.3 is 0 Å². The van der Waals surface area contributed by atoms with Crippen LogP contribution < -0.4 is 0 Å². The second-order valence-corrected chi connectivity index (χ2v) is 4.37. The molecule has 0 amide bonds. The van der Waals surface area contributed by atoms with Crippen LogP contribution in [0.5, 0.6) is 0 Å². The molecule has 0 spiro atoms. The van der Waals surface area contributed by atoms with Crippen molar-refractivity contribution in [1.82, 2.24) is 0 Å². The van der Waals surface area contributed by atoms with Gasteiger partial charge in [-0.15, -0.1) is 11.3 Å². The van der Waals surface area contributed by atoms with Crippen LogP contribution in [0.2, 0.25) is 4.34 Å². The standard InChI is InChI=1S/C10H10ClNS.C2H6/c1-7(2)6-12-8(3)9-4-5-10(11)13-9;1-2/h4-6H,1,3H2,2H3;1-2H3. The number of aliphatic imine (C=N–C) groups is 1. The van der Waals surface area contributed by atoms with Crippen molar-refractivity contribution < 1.29 is 0 Å². The Bertz CT molecular complexity index is 363. The van der Waals surface area contributed by atoms with Crippen LogP contribution in [0.15, 0.2) is 35.9 Å². The van der Waals surface area contributed by atoms with Gasteiger partial charge in [0.15, 0.2) is 0 Å². The second-order valence-electron chi connectivity index (χ2n) is 2.66. The van der Waals surface area contributed by atoms with E-state index in [1.165, 1.54) is 11.3 Å². The molecule has 82 valence electrons. The minimum Gasteiger partial charge on any atom is -0.256 e. The molecule has 1 rings (SSSR count). The highest BCUT2D eigenvalue weighted by Gasteiger charge is 1.99. The largest absolute Gasteiger partial charge is 0.256 e. The number of rotatable bonds is 3. The highest BCUT2D eigenvalue weighted by atomic mass is 35.5. The minimum atomic E-state index is 0.722. The van der Waals surface area contributed by atoms with Crippen LogP contribution in [0.4, 0.5) is 0 Å². The molecule has 0 aliphatic rings. The van der Waals surface area contributed by atoms with E-state index in [0.717, 1.165) is 20.5 Å². The Morgan fingerprint density at radius 3 is 2.40 bits per heavy atom. The molecule has 1 nitrogen and oxygen atoms in total. The molecule has 0 aliphatic carbocycles. The molecule has 0 fully saturated rings. The minimum absolute atomic E-state index is 0.722. The first-order valence-corrected chi connectivity index (χ1v) is 5.93. The second kappa shape index (κ2) is 7.43. The van der Waals surface area contributed by atoms with Gasteiger partial charge in [-0.05, 0) is 24.6 Å². The molecule has 0 radical (unpaired) electrons. The Morgan fingerprint density at radius 2 is 2.00 bits per heavy atom. The fraction of sp³-hybridized carbons (Fsp3) is 0.250. The van der Waals surface area contributed by atoms with Crippen LogP contribution in [-0.4, -0.2) is 6.21 Å². The van der Waals surface area contributed by atoms with Gasteiger partial charge < -0.3 is 0 Å². The Hall–Kier alpha value is -0.860. The van der Waals surface area contributed by atoms with Gasteiger partial charge in [-0.1, -0.05) is 38.6 Å². The van der Waals surface area contributed by atoms with Crippen LogP contribution in [-0.2, 0) is 0 Å². The first-order valence-electron chi connectivity index (χ1n) is 4.74. The third-order valence-electron chi connectivity index (χ3n) is 1.30. The maximum absolute atomic E-state index is 5.78. The van der Waals surface area contributed by atoms with Crippen molar-refractivity contribution in [3.63, 3.8) is 0 Å². The first kappa shape index (κ1) is 14.1. The Kier molecular flexibility index (Phi) is 7.01. The highest BCUT2D eigenvalue weighted by Crippen LogP contribution is 2.27. The van der Waals surface area contributed by atoms with Gasteiger partial charge in [0.05, 0.1) is 14.9 Å². The molecule has 0 N–H and O–H groups in total. The van der Waals surface area contributed by atoms with E-state index in [2.05, 4.69) is 18.2 Å². The van der Waals surface area contributed by atoms with Crippen molar-refractivity contribution in [1.29, 1.82) is 0 Å². The fourth-order valence-electron chi connectivity index (χ4n) is 0.721. The third kappa shape index (κ3) is 5.55. The number of nitrogens with zero attached hydrogens (tertiary/aromatic N) is 1. The van der Waals surface area contributed by atoms with Gasteiger partial charge in [0.1, 0.15) is 0 Å². The molecule has 0 atom stereocenters. The fourth-order valence-corrected chi connectivity index (χ4v) is 1.69. The van der Waals surface area contributed by atoms with E-state index in [0.29, 0.717) is 0 Å². The van der Waals surface area contributed by atoms with E-state index < -0.39 is 0 Å². The summed E-state index contributed by atoms with van der Waals surface area (Å²) >= 11 is 7.25. The van der Waals surface area contributed by atoms with E-state index in [1.807, 2.05) is 32.9 Å². The van der Waals surface area contributed by atoms with E-state index in [9.17, 15) is 0 Å². The van der Waals surface area contributed by atoms with Gasteiger partial charge in [-0.3, -0.25) is 4.99 Å². The lowest BCUT2D eigenvalue weighted by Crippen LogP contribution is -1.76. The monoisotopic (exact) mass is 241 g/mol. The smallest absolute Gasteiger partial charge is 0.0935 e. The van der Waals surface area contributed by atoms with Crippen molar-refractivity contribution in [2.75, 3.05) is 0 Å². The number of thiophene rings is 1. The van der Waals surface area contributed by atoms with Crippen LogP contribution in [0.1, 0.15) is 25.6 Å². The van der Waals surface area contributed by atoms with Gasteiger partial charge in [-0.25, -0.2) is 0 Å². The van der Waals surface area contributed by atoms with Gasteiger partial charge in [0.25, 0.3) is 0 Å². The number of hydrogen-bond donors (Lipinski definition) is 0. The van der Waals surface area contributed by atoms with E-state index in [-0.39, 0.29) is 0 Å². The van der Waals surface area contributed by atoms with Crippen molar-refractivity contribution in [2.45, 2.75) is 20.8 Å². The molecule has 0 saturated carbocycles. The van der Waals surface area contributed by atoms with Gasteiger partial charge in [0, 0.05) is 6.21 Å². The van der Waals surface area contributed by atoms with Gasteiger partial charge in [-0.2, -0.15) is 0 Å². The molecule has 3 heteroatoms. The van der Waals surface area contributed by atoms with E-state index in [4.69, 9.17) is 11.6 Å². The predicted octanol–water partition coefficient (Wildman–Crippen LogP) is 5.05. The SMILES string of the molecule is C=C(C)C=NC(=C)c1ccc(Cl)s1.CC. The molecule has 0 bridgehead atoms. The van der Waals surface area contributed by atoms with Crippen LogP contribution in [0.3, 0.4) is 0 Å². The van der Waals surface area contributed by atoms with Crippen molar-refractivity contribution in [3.8, 4) is 0 Å². The molecule has 0 aromatic carbocycles. The molecular weight excluding hydrogens is 226 g/mol. The van der Waals surface area contributed by atoms with Crippen molar-refractivity contribution in [2.24, 2.45) is 4.99 Å². The van der Waals surface area contributed by atoms with Crippen molar-refractivity contribution in [3.05, 3.63) is 40.1 Å². The van der Waals surface area contributed by atoms with Crippen molar-refractivity contribution >= 4 is 34.8 Å². The summed E-state index contributed by atoms with van der Waals surface area (Å²) in [6.45, 7) is 13.4. The summed E-state index contributed by atoms with van der Waals surface area (Å²) in [5.74, 6) is 0. The molecule has 15 heavy (non-hydrogen) atoms. The lowest BCUT2D eigenvalue weighted by Gasteiger charge is -1.93. The zero-order valence-electron chi connectivity index (χ0n) is 9.38. The van der Waals surface area contributed by atoms with Gasteiger partial charge in [0.2, 0.25) is 0 Å². The lowest BCUT2D eigenvalue weighted by atomic mass is 10.3. The summed E-state index contributed by atoms with van der Waals surface area (Å²) in [4.78, 5) is 5.13. The molecule has 0 unspecified atom stereocenters. The predicted molar refractivity (Wildman–Crippen MR) is 73.0 cm³/mol. The lowest BCUT2D eigenvalue weighted by molar-refractivity contribution is 1.50. The summed E-state index contributed by atoms with van der Waals surface area (Å²) in [6.07, 6.45) is 1.69. The third-order valence-corrected chi connectivity index (χ3v) is 2.58. The number of halogens is 1. The summed E-state index contributed by atoms with van der Waals surface area (Å²) in [7, 11) is 0. The summed E-state index contributed by atoms with van der Waals surface area (Å²) < 4.78 is 0.752. The zero-order valence-corrected chi connectivity index (χ0v) is 11.0. The normalized spacial score (nSPS) is 9.60. The van der Waals surface area contributed by atoms with Crippen LogP contribution in [0, 0.1) is 0 Å². The summed E-state index contributed by atoms with van der Waals surface area (Å²) in [5.41, 5.74) is 1.63. The topological polar surface area (TPSA) is 12.4 Å². The highest BCUT2D eigenvalue weighted by molar-refractivity contribution is 7.17. The molecule has 1 aromatic rings. The maximum Gasteiger partial charge on any atom is 0.0935 e. The van der Waals surface area contributed by atoms with Crippen LogP contribution in [0.25, 0.3) is 5.70 Å². The Morgan fingerprint density at radius 1 is 1.40 bits per heavy atom. The number of hydrogen-bond acceptors (Lipinski definition) is 2. The summed E-state index contributed by atoms with van der Waals surface area (Å²) in [6, 6.07) is 3.74. The first-order chi connectivity index (χ1) is 7.09. The molecule has 1 heterocycles. The maximum atomic E-state index is 5.78. The molecule has 0 saturated heterocycles. The Labute approximate surface area is 101 Å². The summed E-state index contributed by atoms with van der Waals surface area (Å²) in [5, 5.41) is 0. The molecule has 0 aliphatic heterocycles. The van der Waals surface area contributed by atoms with E-state index >= 15 is 0 Å². The van der Waals surface area contributed by atoms with Crippen LogP contribution >= 0.6 is 22.9 Å². The quantitative estimate of drug-likeness (QED) is 0.657.